The Hall–Kier alpha value is -0.750. The molecule has 0 unspecified atom stereocenters. The molecule has 0 spiro atoms. The van der Waals surface area contributed by atoms with Gasteiger partial charge < -0.3 is 5.11 Å². The van der Waals surface area contributed by atoms with Crippen molar-refractivity contribution >= 4 is 22.7 Å². The molecule has 2 aromatic heterocycles. The van der Waals surface area contributed by atoms with Crippen molar-refractivity contribution in [1.29, 1.82) is 0 Å². The molecule has 2 aromatic rings. The third-order valence-corrected chi connectivity index (χ3v) is 4.28. The van der Waals surface area contributed by atoms with Crippen molar-refractivity contribution in [3.8, 4) is 10.6 Å². The minimum atomic E-state index is 0.210. The lowest BCUT2D eigenvalue weighted by Crippen LogP contribution is -2.27. The summed E-state index contributed by atoms with van der Waals surface area (Å²) in [7, 11) is 0. The summed E-state index contributed by atoms with van der Waals surface area (Å²) < 4.78 is 0. The molecule has 1 N–H and O–H groups in total. The third-order valence-electron chi connectivity index (χ3n) is 2.66. The highest BCUT2D eigenvalue weighted by Gasteiger charge is 2.09. The van der Waals surface area contributed by atoms with E-state index in [0.717, 1.165) is 36.8 Å². The Balaban J connectivity index is 2.01. The first-order valence-corrected chi connectivity index (χ1v) is 7.96. The number of thiophene rings is 1. The molecule has 0 bridgehead atoms. The van der Waals surface area contributed by atoms with E-state index in [1.54, 1.807) is 22.7 Å². The molecule has 18 heavy (non-hydrogen) atoms. The Morgan fingerprint density at radius 3 is 2.89 bits per heavy atom. The second-order valence-electron chi connectivity index (χ2n) is 4.16. The number of thiazole rings is 1. The fourth-order valence-corrected chi connectivity index (χ4v) is 3.38. The van der Waals surface area contributed by atoms with E-state index in [1.807, 2.05) is 0 Å². The van der Waals surface area contributed by atoms with Crippen LogP contribution in [0.4, 0.5) is 0 Å². The topological polar surface area (TPSA) is 36.4 Å². The monoisotopic (exact) mass is 282 g/mol. The number of hydrogen-bond acceptors (Lipinski definition) is 5. The molecule has 0 aliphatic rings. The molecule has 2 heterocycles. The van der Waals surface area contributed by atoms with Crippen molar-refractivity contribution < 1.29 is 5.11 Å². The number of aromatic nitrogens is 1. The summed E-state index contributed by atoms with van der Waals surface area (Å²) in [6.45, 7) is 4.92. The molecule has 0 aromatic carbocycles. The van der Waals surface area contributed by atoms with Gasteiger partial charge in [-0.15, -0.1) is 11.3 Å². The Labute approximate surface area is 116 Å². The van der Waals surface area contributed by atoms with Crippen LogP contribution in [0.5, 0.6) is 0 Å². The molecule has 0 aliphatic heterocycles. The molecular weight excluding hydrogens is 264 g/mol. The molecule has 5 heteroatoms. The zero-order valence-electron chi connectivity index (χ0n) is 10.5. The predicted molar refractivity (Wildman–Crippen MR) is 78.1 cm³/mol. The highest BCUT2D eigenvalue weighted by molar-refractivity contribution is 7.14. The Bertz CT molecular complexity index is 447. The largest absolute Gasteiger partial charge is 0.395 e. The Morgan fingerprint density at radius 2 is 2.22 bits per heavy atom. The van der Waals surface area contributed by atoms with Crippen molar-refractivity contribution in [1.82, 2.24) is 9.88 Å². The van der Waals surface area contributed by atoms with Gasteiger partial charge in [0.1, 0.15) is 5.01 Å². The maximum Gasteiger partial charge on any atom is 0.124 e. The molecule has 0 saturated heterocycles. The maximum absolute atomic E-state index is 9.04. The molecule has 0 amide bonds. The zero-order chi connectivity index (χ0) is 12.8. The van der Waals surface area contributed by atoms with E-state index in [4.69, 9.17) is 5.11 Å². The summed E-state index contributed by atoms with van der Waals surface area (Å²) in [6, 6.07) is 2.10. The van der Waals surface area contributed by atoms with Gasteiger partial charge in [0, 0.05) is 29.4 Å². The highest BCUT2D eigenvalue weighted by atomic mass is 32.1. The van der Waals surface area contributed by atoms with E-state index in [0.29, 0.717) is 0 Å². The van der Waals surface area contributed by atoms with Crippen LogP contribution < -0.4 is 0 Å². The Kier molecular flexibility index (Phi) is 5.31. The number of nitrogens with zero attached hydrogens (tertiary/aromatic N) is 2. The predicted octanol–water partition coefficient (Wildman–Crippen LogP) is 3.08. The van der Waals surface area contributed by atoms with Crippen LogP contribution in [0.2, 0.25) is 0 Å². The molecule has 98 valence electrons. The van der Waals surface area contributed by atoms with E-state index < -0.39 is 0 Å². The molecule has 2 rings (SSSR count). The number of hydrogen-bond donors (Lipinski definition) is 1. The molecular formula is C13H18N2OS2. The van der Waals surface area contributed by atoms with Gasteiger partial charge in [0.05, 0.1) is 12.3 Å². The number of aliphatic hydroxyl groups excluding tert-OH is 1. The lowest BCUT2D eigenvalue weighted by atomic mass is 10.3. The van der Waals surface area contributed by atoms with E-state index in [2.05, 4.69) is 39.0 Å². The summed E-state index contributed by atoms with van der Waals surface area (Å²) in [6.07, 6.45) is 1.10. The van der Waals surface area contributed by atoms with Gasteiger partial charge in [-0.3, -0.25) is 4.90 Å². The number of rotatable bonds is 7. The smallest absolute Gasteiger partial charge is 0.124 e. The van der Waals surface area contributed by atoms with Gasteiger partial charge in [0.25, 0.3) is 0 Å². The van der Waals surface area contributed by atoms with Gasteiger partial charge in [-0.2, -0.15) is 11.3 Å². The van der Waals surface area contributed by atoms with Crippen LogP contribution in [-0.2, 0) is 6.54 Å². The van der Waals surface area contributed by atoms with Crippen molar-refractivity contribution in [2.45, 2.75) is 19.9 Å². The summed E-state index contributed by atoms with van der Waals surface area (Å²) in [5.74, 6) is 0. The highest BCUT2D eigenvalue weighted by Crippen LogP contribution is 2.26. The lowest BCUT2D eigenvalue weighted by molar-refractivity contribution is 0.189. The van der Waals surface area contributed by atoms with Crippen molar-refractivity contribution in [3.05, 3.63) is 27.9 Å². The minimum absolute atomic E-state index is 0.210. The zero-order valence-corrected chi connectivity index (χ0v) is 12.1. The van der Waals surface area contributed by atoms with Crippen LogP contribution in [0.1, 0.15) is 19.0 Å². The van der Waals surface area contributed by atoms with Crippen LogP contribution in [0.25, 0.3) is 10.6 Å². The Morgan fingerprint density at radius 1 is 1.33 bits per heavy atom. The van der Waals surface area contributed by atoms with Crippen LogP contribution in [0.15, 0.2) is 22.2 Å². The van der Waals surface area contributed by atoms with Crippen molar-refractivity contribution in [3.63, 3.8) is 0 Å². The first kappa shape index (κ1) is 13.7. The maximum atomic E-state index is 9.04. The van der Waals surface area contributed by atoms with Gasteiger partial charge in [-0.25, -0.2) is 4.98 Å². The summed E-state index contributed by atoms with van der Waals surface area (Å²) >= 11 is 3.39. The van der Waals surface area contributed by atoms with Crippen LogP contribution in [0, 0.1) is 0 Å². The fraction of sp³-hybridized carbons (Fsp3) is 0.462. The standard InChI is InChI=1S/C13H18N2OS2/c1-2-4-15(5-6-16)8-12-10-18-13(14-12)11-3-7-17-9-11/h3,7,9-10,16H,2,4-6,8H2,1H3. The van der Waals surface area contributed by atoms with E-state index in [9.17, 15) is 0 Å². The van der Waals surface area contributed by atoms with Gasteiger partial charge in [0.15, 0.2) is 0 Å². The molecule has 0 saturated carbocycles. The minimum Gasteiger partial charge on any atom is -0.395 e. The van der Waals surface area contributed by atoms with Crippen molar-refractivity contribution in [2.75, 3.05) is 19.7 Å². The van der Waals surface area contributed by atoms with Gasteiger partial charge in [0.2, 0.25) is 0 Å². The quantitative estimate of drug-likeness (QED) is 0.848. The first-order chi connectivity index (χ1) is 8.83. The summed E-state index contributed by atoms with van der Waals surface area (Å²) in [5.41, 5.74) is 2.31. The van der Waals surface area contributed by atoms with Crippen LogP contribution >= 0.6 is 22.7 Å². The first-order valence-electron chi connectivity index (χ1n) is 6.13. The van der Waals surface area contributed by atoms with Gasteiger partial charge in [-0.1, -0.05) is 6.92 Å². The summed E-state index contributed by atoms with van der Waals surface area (Å²) in [5, 5.41) is 16.4. The molecule has 3 nitrogen and oxygen atoms in total. The third kappa shape index (κ3) is 3.62. The van der Waals surface area contributed by atoms with E-state index >= 15 is 0 Å². The van der Waals surface area contributed by atoms with Gasteiger partial charge >= 0.3 is 0 Å². The molecule has 0 radical (unpaired) electrons. The van der Waals surface area contributed by atoms with Crippen LogP contribution in [0.3, 0.4) is 0 Å². The van der Waals surface area contributed by atoms with E-state index in [-0.39, 0.29) is 6.61 Å². The average molecular weight is 282 g/mol. The van der Waals surface area contributed by atoms with Crippen LogP contribution in [-0.4, -0.2) is 34.7 Å². The molecule has 0 atom stereocenters. The number of aliphatic hydroxyl groups is 1. The second-order valence-corrected chi connectivity index (χ2v) is 5.79. The SMILES string of the molecule is CCCN(CCO)Cc1csc(-c2ccsc2)n1. The second kappa shape index (κ2) is 6.99. The average Bonchev–Trinajstić information content (AvgIpc) is 2.98. The molecule has 0 aliphatic carbocycles. The van der Waals surface area contributed by atoms with Gasteiger partial charge in [-0.05, 0) is 24.4 Å². The normalized spacial score (nSPS) is 11.3. The summed E-state index contributed by atoms with van der Waals surface area (Å²) in [4.78, 5) is 6.90. The fourth-order valence-electron chi connectivity index (χ4n) is 1.86. The lowest BCUT2D eigenvalue weighted by Gasteiger charge is -2.18. The molecule has 0 fully saturated rings. The van der Waals surface area contributed by atoms with E-state index in [1.165, 1.54) is 5.56 Å². The van der Waals surface area contributed by atoms with Crippen molar-refractivity contribution in [2.24, 2.45) is 0 Å².